The second-order valence-corrected chi connectivity index (χ2v) is 6.58. The average molecular weight is 325 g/mol. The Morgan fingerprint density at radius 3 is 2.15 bits per heavy atom. The Labute approximate surface area is 117 Å². The van der Waals surface area contributed by atoms with Crippen molar-refractivity contribution in [1.29, 1.82) is 0 Å². The van der Waals surface area contributed by atoms with Crippen LogP contribution in [-0.4, -0.2) is 18.2 Å². The molecule has 9 heteroatoms. The summed E-state index contributed by atoms with van der Waals surface area (Å²) >= 11 is 0. The van der Waals surface area contributed by atoms with Gasteiger partial charge in [-0.3, -0.25) is 0 Å². The fraction of sp³-hybridized carbons (Fsp3) is 0.182. The number of halogens is 4. The molecule has 0 fully saturated rings. The van der Waals surface area contributed by atoms with Gasteiger partial charge in [0.2, 0.25) is 0 Å². The molecule has 0 aliphatic rings. The first-order valence-electron chi connectivity index (χ1n) is 5.28. The van der Waals surface area contributed by atoms with E-state index >= 15 is 0 Å². The quantitative estimate of drug-likeness (QED) is 0.797. The van der Waals surface area contributed by atoms with Crippen LogP contribution in [0.15, 0.2) is 35.2 Å². The lowest BCUT2D eigenvalue weighted by Crippen LogP contribution is -2.07. The number of hydrogen-bond acceptors (Lipinski definition) is 3. The maximum Gasteiger partial charge on any atom is 0.435 e. The highest BCUT2D eigenvalue weighted by atomic mass is 35.7. The molecule has 0 saturated heterocycles. The molecule has 0 spiro atoms. The fourth-order valence-electron chi connectivity index (χ4n) is 1.62. The molecule has 4 nitrogen and oxygen atoms in total. The van der Waals surface area contributed by atoms with Crippen LogP contribution < -0.4 is 0 Å². The Bertz CT molecular complexity index is 736. The summed E-state index contributed by atoms with van der Waals surface area (Å²) in [5, 5.41) is 3.45. The van der Waals surface area contributed by atoms with Crippen LogP contribution >= 0.6 is 10.7 Å². The number of rotatable bonds is 2. The smallest absolute Gasteiger partial charge is 0.238 e. The molecule has 1 aromatic heterocycles. The minimum Gasteiger partial charge on any atom is -0.238 e. The lowest BCUT2D eigenvalue weighted by atomic mass is 10.3. The van der Waals surface area contributed by atoms with Gasteiger partial charge in [0.15, 0.2) is 5.69 Å². The summed E-state index contributed by atoms with van der Waals surface area (Å²) in [6.45, 7) is 1.47. The minimum absolute atomic E-state index is 0.135. The molecule has 2 rings (SSSR count). The molecular weight excluding hydrogens is 317 g/mol. The molecule has 0 radical (unpaired) electrons. The summed E-state index contributed by atoms with van der Waals surface area (Å²) in [4.78, 5) is -0.135. The maximum absolute atomic E-state index is 12.5. The van der Waals surface area contributed by atoms with Crippen LogP contribution in [0, 0.1) is 6.92 Å². The zero-order valence-electron chi connectivity index (χ0n) is 10.0. The fourth-order valence-corrected chi connectivity index (χ4v) is 2.39. The summed E-state index contributed by atoms with van der Waals surface area (Å²) < 4.78 is 60.9. The van der Waals surface area contributed by atoms with Crippen LogP contribution in [0.4, 0.5) is 13.2 Å². The van der Waals surface area contributed by atoms with Crippen molar-refractivity contribution in [3.05, 3.63) is 41.7 Å². The summed E-state index contributed by atoms with van der Waals surface area (Å²) in [5.74, 6) is 0. The van der Waals surface area contributed by atoms with Crippen molar-refractivity contribution in [2.75, 3.05) is 0 Å². The van der Waals surface area contributed by atoms with Gasteiger partial charge in [-0.25, -0.2) is 13.1 Å². The van der Waals surface area contributed by atoms with Crippen molar-refractivity contribution in [2.24, 2.45) is 0 Å². The van der Waals surface area contributed by atoms with E-state index in [0.717, 1.165) is 10.7 Å². The number of alkyl halides is 3. The molecule has 0 bridgehead atoms. The van der Waals surface area contributed by atoms with Crippen LogP contribution in [0.2, 0.25) is 0 Å². The summed E-state index contributed by atoms with van der Waals surface area (Å²) in [7, 11) is 1.29. The lowest BCUT2D eigenvalue weighted by Gasteiger charge is -2.05. The third-order valence-corrected chi connectivity index (χ3v) is 3.91. The van der Waals surface area contributed by atoms with E-state index in [4.69, 9.17) is 10.7 Å². The topological polar surface area (TPSA) is 52.0 Å². The van der Waals surface area contributed by atoms with Crippen LogP contribution in [0.5, 0.6) is 0 Å². The van der Waals surface area contributed by atoms with Crippen LogP contribution in [0.1, 0.15) is 11.4 Å². The normalized spacial score (nSPS) is 12.7. The minimum atomic E-state index is -4.53. The van der Waals surface area contributed by atoms with Crippen LogP contribution in [-0.2, 0) is 15.2 Å². The second kappa shape index (κ2) is 4.78. The van der Waals surface area contributed by atoms with Gasteiger partial charge in [0.25, 0.3) is 9.05 Å². The van der Waals surface area contributed by atoms with Crippen molar-refractivity contribution in [3.63, 3.8) is 0 Å². The van der Waals surface area contributed by atoms with Gasteiger partial charge >= 0.3 is 6.18 Å². The first-order valence-corrected chi connectivity index (χ1v) is 7.59. The third-order valence-electron chi connectivity index (χ3n) is 2.54. The molecule has 0 unspecified atom stereocenters. The van der Waals surface area contributed by atoms with E-state index in [1.165, 1.54) is 31.2 Å². The van der Waals surface area contributed by atoms with Gasteiger partial charge < -0.3 is 0 Å². The van der Waals surface area contributed by atoms with E-state index in [-0.39, 0.29) is 10.6 Å². The Balaban J connectivity index is 2.45. The number of benzene rings is 1. The van der Waals surface area contributed by atoms with Crippen molar-refractivity contribution in [3.8, 4) is 5.69 Å². The molecule has 2 aromatic rings. The molecule has 108 valence electrons. The van der Waals surface area contributed by atoms with E-state index in [2.05, 4.69) is 5.10 Å². The van der Waals surface area contributed by atoms with E-state index in [1.54, 1.807) is 0 Å². The summed E-state index contributed by atoms with van der Waals surface area (Å²) in [5.41, 5.74) is -0.426. The van der Waals surface area contributed by atoms with Gasteiger partial charge in [-0.15, -0.1) is 0 Å². The SMILES string of the molecule is Cc1cc(C(F)(F)F)nn1-c1ccc(S(=O)(=O)Cl)cc1. The number of hydrogen-bond donors (Lipinski definition) is 0. The Morgan fingerprint density at radius 2 is 1.75 bits per heavy atom. The predicted molar refractivity (Wildman–Crippen MR) is 66.3 cm³/mol. The Kier molecular flexibility index (Phi) is 3.55. The molecule has 0 amide bonds. The molecule has 1 heterocycles. The Morgan fingerprint density at radius 1 is 1.20 bits per heavy atom. The van der Waals surface area contributed by atoms with Crippen LogP contribution in [0.25, 0.3) is 5.69 Å². The van der Waals surface area contributed by atoms with E-state index in [9.17, 15) is 21.6 Å². The van der Waals surface area contributed by atoms with Gasteiger partial charge in [-0.1, -0.05) is 0 Å². The Hall–Kier alpha value is -1.54. The number of aryl methyl sites for hydroxylation is 1. The monoisotopic (exact) mass is 324 g/mol. The summed E-state index contributed by atoms with van der Waals surface area (Å²) in [6.07, 6.45) is -4.53. The highest BCUT2D eigenvalue weighted by molar-refractivity contribution is 8.13. The van der Waals surface area contributed by atoms with Gasteiger partial charge in [0.05, 0.1) is 10.6 Å². The zero-order valence-corrected chi connectivity index (χ0v) is 11.6. The molecule has 0 aliphatic heterocycles. The summed E-state index contributed by atoms with van der Waals surface area (Å²) in [6, 6.07) is 5.97. The maximum atomic E-state index is 12.5. The van der Waals surface area contributed by atoms with Crippen molar-refractivity contribution < 1.29 is 21.6 Å². The molecular formula is C11H8ClF3N2O2S. The van der Waals surface area contributed by atoms with Crippen molar-refractivity contribution >= 4 is 19.7 Å². The van der Waals surface area contributed by atoms with Crippen molar-refractivity contribution in [1.82, 2.24) is 9.78 Å². The van der Waals surface area contributed by atoms with Gasteiger partial charge in [-0.05, 0) is 37.3 Å². The molecule has 1 aromatic carbocycles. The van der Waals surface area contributed by atoms with E-state index in [0.29, 0.717) is 5.69 Å². The largest absolute Gasteiger partial charge is 0.435 e. The molecule has 0 saturated carbocycles. The zero-order chi connectivity index (χ0) is 15.1. The molecule has 0 aliphatic carbocycles. The first kappa shape index (κ1) is 14.9. The first-order chi connectivity index (χ1) is 9.09. The lowest BCUT2D eigenvalue weighted by molar-refractivity contribution is -0.141. The average Bonchev–Trinajstić information content (AvgIpc) is 2.70. The van der Waals surface area contributed by atoms with Crippen LogP contribution in [0.3, 0.4) is 0 Å². The van der Waals surface area contributed by atoms with Gasteiger partial charge in [0.1, 0.15) is 0 Å². The second-order valence-electron chi connectivity index (χ2n) is 4.01. The van der Waals surface area contributed by atoms with E-state index < -0.39 is 20.9 Å². The number of nitrogens with zero attached hydrogens (tertiary/aromatic N) is 2. The molecule has 0 atom stereocenters. The molecule has 20 heavy (non-hydrogen) atoms. The third kappa shape index (κ3) is 2.96. The molecule has 0 N–H and O–H groups in total. The predicted octanol–water partition coefficient (Wildman–Crippen LogP) is 3.13. The highest BCUT2D eigenvalue weighted by Gasteiger charge is 2.34. The van der Waals surface area contributed by atoms with Crippen molar-refractivity contribution in [2.45, 2.75) is 18.0 Å². The highest BCUT2D eigenvalue weighted by Crippen LogP contribution is 2.29. The van der Waals surface area contributed by atoms with Gasteiger partial charge in [0, 0.05) is 16.4 Å². The van der Waals surface area contributed by atoms with Gasteiger partial charge in [-0.2, -0.15) is 18.3 Å². The van der Waals surface area contributed by atoms with E-state index in [1.807, 2.05) is 0 Å². The standard InChI is InChI=1S/C11H8ClF3N2O2S/c1-7-6-10(11(13,14)15)16-17(7)8-2-4-9(5-3-8)20(12,18)19/h2-6H,1H3. The number of aromatic nitrogens is 2.